The van der Waals surface area contributed by atoms with E-state index in [-0.39, 0.29) is 11.7 Å². The molecule has 1 aromatic carbocycles. The molecule has 0 radical (unpaired) electrons. The van der Waals surface area contributed by atoms with Crippen molar-refractivity contribution in [3.05, 3.63) is 56.0 Å². The Morgan fingerprint density at radius 3 is 2.76 bits per heavy atom. The van der Waals surface area contributed by atoms with Crippen molar-refractivity contribution >= 4 is 28.7 Å². The Bertz CT molecular complexity index is 688. The van der Waals surface area contributed by atoms with Crippen molar-refractivity contribution in [1.82, 2.24) is 0 Å². The Balaban J connectivity index is 2.40. The highest BCUT2D eigenvalue weighted by Gasteiger charge is 2.23. The zero-order chi connectivity index (χ0) is 15.6. The van der Waals surface area contributed by atoms with Crippen LogP contribution in [0, 0.1) is 15.9 Å². The second-order valence-electron chi connectivity index (χ2n) is 4.29. The number of aromatic carboxylic acids is 1. The maximum absolute atomic E-state index is 13.7. The van der Waals surface area contributed by atoms with Gasteiger partial charge in [0.1, 0.15) is 17.1 Å². The van der Waals surface area contributed by atoms with Gasteiger partial charge in [0.25, 0.3) is 5.69 Å². The van der Waals surface area contributed by atoms with Crippen molar-refractivity contribution in [2.45, 2.75) is 13.0 Å². The number of carboxylic acids is 1. The lowest BCUT2D eigenvalue weighted by atomic mass is 10.1. The minimum Gasteiger partial charge on any atom is -0.478 e. The van der Waals surface area contributed by atoms with Crippen LogP contribution >= 0.6 is 11.3 Å². The lowest BCUT2D eigenvalue weighted by Gasteiger charge is -2.14. The van der Waals surface area contributed by atoms with Crippen molar-refractivity contribution in [3.63, 3.8) is 0 Å². The molecule has 1 atom stereocenters. The number of rotatable bonds is 5. The smallest absolute Gasteiger partial charge is 0.338 e. The molecule has 0 aliphatic carbocycles. The van der Waals surface area contributed by atoms with Crippen LogP contribution in [0.2, 0.25) is 0 Å². The summed E-state index contributed by atoms with van der Waals surface area (Å²) in [6.45, 7) is 1.78. The minimum atomic E-state index is -1.55. The highest BCUT2D eigenvalue weighted by atomic mass is 32.1. The van der Waals surface area contributed by atoms with Crippen molar-refractivity contribution in [3.8, 4) is 0 Å². The summed E-state index contributed by atoms with van der Waals surface area (Å²) in [5.74, 6) is -2.57. The van der Waals surface area contributed by atoms with Gasteiger partial charge in [0, 0.05) is 17.0 Å². The average molecular weight is 310 g/mol. The fraction of sp³-hybridized carbons (Fsp3) is 0.154. The first-order valence-electron chi connectivity index (χ1n) is 5.91. The van der Waals surface area contributed by atoms with Crippen molar-refractivity contribution in [2.24, 2.45) is 0 Å². The number of benzene rings is 1. The van der Waals surface area contributed by atoms with Gasteiger partial charge in [-0.25, -0.2) is 9.18 Å². The Kier molecular flexibility index (Phi) is 4.18. The van der Waals surface area contributed by atoms with Crippen molar-refractivity contribution in [1.29, 1.82) is 0 Å². The molecule has 6 nitrogen and oxygen atoms in total. The monoisotopic (exact) mass is 310 g/mol. The second kappa shape index (κ2) is 5.88. The Labute approximate surface area is 123 Å². The topological polar surface area (TPSA) is 92.5 Å². The van der Waals surface area contributed by atoms with Gasteiger partial charge in [-0.15, -0.1) is 11.3 Å². The van der Waals surface area contributed by atoms with Gasteiger partial charge >= 0.3 is 5.97 Å². The van der Waals surface area contributed by atoms with Gasteiger partial charge in [0.2, 0.25) is 0 Å². The van der Waals surface area contributed by atoms with Crippen LogP contribution in [-0.4, -0.2) is 16.0 Å². The molecular weight excluding hydrogens is 299 g/mol. The molecule has 1 heterocycles. The molecule has 0 saturated heterocycles. The van der Waals surface area contributed by atoms with Gasteiger partial charge in [-0.05, 0) is 18.4 Å². The van der Waals surface area contributed by atoms with Crippen LogP contribution in [0.1, 0.15) is 28.2 Å². The number of anilines is 1. The maximum Gasteiger partial charge on any atom is 0.338 e. The van der Waals surface area contributed by atoms with Gasteiger partial charge in [-0.1, -0.05) is 6.07 Å². The Hall–Kier alpha value is -2.48. The number of hydrogen-bond donors (Lipinski definition) is 2. The average Bonchev–Trinajstić information content (AvgIpc) is 2.91. The molecule has 2 aromatic rings. The summed E-state index contributed by atoms with van der Waals surface area (Å²) in [6.07, 6.45) is 0. The van der Waals surface area contributed by atoms with Crippen molar-refractivity contribution < 1.29 is 19.2 Å². The molecule has 1 aromatic heterocycles. The molecule has 21 heavy (non-hydrogen) atoms. The van der Waals surface area contributed by atoms with E-state index in [0.717, 1.165) is 17.0 Å². The summed E-state index contributed by atoms with van der Waals surface area (Å²) in [5.41, 5.74) is -1.25. The molecule has 0 bridgehead atoms. The third-order valence-electron chi connectivity index (χ3n) is 2.85. The van der Waals surface area contributed by atoms with Crippen LogP contribution < -0.4 is 5.32 Å². The second-order valence-corrected chi connectivity index (χ2v) is 5.27. The zero-order valence-corrected chi connectivity index (χ0v) is 11.7. The van der Waals surface area contributed by atoms with E-state index in [2.05, 4.69) is 5.32 Å². The SMILES string of the molecule is CC(Nc1cc(F)c(C(=O)O)cc1[N+](=O)[O-])c1cccs1. The summed E-state index contributed by atoms with van der Waals surface area (Å²) < 4.78 is 13.7. The highest BCUT2D eigenvalue weighted by molar-refractivity contribution is 7.10. The molecule has 0 fully saturated rings. The molecule has 1 unspecified atom stereocenters. The maximum atomic E-state index is 13.7. The number of carboxylic acid groups (broad SMARTS) is 1. The van der Waals surface area contributed by atoms with Crippen LogP contribution in [0.3, 0.4) is 0 Å². The fourth-order valence-electron chi connectivity index (χ4n) is 1.83. The molecule has 0 saturated carbocycles. The standard InChI is InChI=1S/C13H11FN2O4S/c1-7(12-3-2-4-21-12)15-10-6-9(14)8(13(17)18)5-11(10)16(19)20/h2-7,15H,1H3,(H,17,18). The normalized spacial score (nSPS) is 11.9. The zero-order valence-electron chi connectivity index (χ0n) is 10.9. The molecule has 0 amide bonds. The van der Waals surface area contributed by atoms with Crippen molar-refractivity contribution in [2.75, 3.05) is 5.32 Å². The number of nitro benzene ring substituents is 1. The van der Waals surface area contributed by atoms with Crippen LogP contribution in [0.25, 0.3) is 0 Å². The first-order valence-corrected chi connectivity index (χ1v) is 6.79. The summed E-state index contributed by atoms with van der Waals surface area (Å²) in [6, 6.07) is 4.97. The number of nitrogens with one attached hydrogen (secondary N) is 1. The number of carbonyl (C=O) groups is 1. The van der Waals surface area contributed by atoms with Gasteiger partial charge < -0.3 is 10.4 Å². The van der Waals surface area contributed by atoms with E-state index in [9.17, 15) is 19.3 Å². The van der Waals surface area contributed by atoms with Gasteiger partial charge in [-0.2, -0.15) is 0 Å². The number of nitro groups is 1. The molecular formula is C13H11FN2O4S. The van der Waals surface area contributed by atoms with E-state index in [1.54, 1.807) is 6.92 Å². The minimum absolute atomic E-state index is 0.0524. The van der Waals surface area contributed by atoms with Crippen LogP contribution in [-0.2, 0) is 0 Å². The van der Waals surface area contributed by atoms with E-state index in [4.69, 9.17) is 5.11 Å². The highest BCUT2D eigenvalue weighted by Crippen LogP contribution is 2.32. The number of halogens is 1. The molecule has 2 rings (SSSR count). The lowest BCUT2D eigenvalue weighted by molar-refractivity contribution is -0.384. The van der Waals surface area contributed by atoms with Crippen LogP contribution in [0.4, 0.5) is 15.8 Å². The van der Waals surface area contributed by atoms with Crippen LogP contribution in [0.5, 0.6) is 0 Å². The predicted octanol–water partition coefficient (Wildman–Crippen LogP) is 3.67. The quantitative estimate of drug-likeness (QED) is 0.649. The molecule has 0 aliphatic heterocycles. The van der Waals surface area contributed by atoms with Crippen LogP contribution in [0.15, 0.2) is 29.6 Å². The lowest BCUT2D eigenvalue weighted by Crippen LogP contribution is -2.10. The molecule has 0 spiro atoms. The number of nitrogens with zero attached hydrogens (tertiary/aromatic N) is 1. The van der Waals surface area contributed by atoms with Gasteiger partial charge in [0.05, 0.1) is 11.0 Å². The first kappa shape index (κ1) is 14.9. The number of hydrogen-bond acceptors (Lipinski definition) is 5. The summed E-state index contributed by atoms with van der Waals surface area (Å²) in [5, 5.41) is 24.5. The van der Waals surface area contributed by atoms with Gasteiger partial charge in [-0.3, -0.25) is 10.1 Å². The Morgan fingerprint density at radius 2 is 2.24 bits per heavy atom. The number of thiophene rings is 1. The van der Waals surface area contributed by atoms with E-state index in [0.29, 0.717) is 0 Å². The summed E-state index contributed by atoms with van der Waals surface area (Å²) >= 11 is 1.46. The third-order valence-corrected chi connectivity index (χ3v) is 3.91. The largest absolute Gasteiger partial charge is 0.478 e. The molecule has 0 aliphatic rings. The fourth-order valence-corrected chi connectivity index (χ4v) is 2.57. The van der Waals surface area contributed by atoms with E-state index in [1.807, 2.05) is 17.5 Å². The molecule has 8 heteroatoms. The molecule has 110 valence electrons. The van der Waals surface area contributed by atoms with E-state index < -0.39 is 28.0 Å². The summed E-state index contributed by atoms with van der Waals surface area (Å²) in [7, 11) is 0. The first-order chi connectivity index (χ1) is 9.90. The van der Waals surface area contributed by atoms with E-state index >= 15 is 0 Å². The Morgan fingerprint density at radius 1 is 1.52 bits per heavy atom. The molecule has 2 N–H and O–H groups in total. The predicted molar refractivity (Wildman–Crippen MR) is 76.4 cm³/mol. The summed E-state index contributed by atoms with van der Waals surface area (Å²) in [4.78, 5) is 22.0. The van der Waals surface area contributed by atoms with E-state index in [1.165, 1.54) is 11.3 Å². The van der Waals surface area contributed by atoms with Gasteiger partial charge in [0.15, 0.2) is 0 Å². The third kappa shape index (κ3) is 3.16.